The fourth-order valence-electron chi connectivity index (χ4n) is 3.24. The molecule has 0 spiro atoms. The van der Waals surface area contributed by atoms with Gasteiger partial charge in [0.2, 0.25) is 0 Å². The lowest BCUT2D eigenvalue weighted by atomic mass is 10.1. The highest BCUT2D eigenvalue weighted by molar-refractivity contribution is 7.90. The average Bonchev–Trinajstić information content (AvgIpc) is 3.19. The highest BCUT2D eigenvalue weighted by atomic mass is 32.2. The van der Waals surface area contributed by atoms with Gasteiger partial charge in [-0.05, 0) is 36.4 Å². The van der Waals surface area contributed by atoms with E-state index in [0.29, 0.717) is 22.7 Å². The van der Waals surface area contributed by atoms with E-state index in [2.05, 4.69) is 15.4 Å². The molecular formula is C22H14F6N4O4S. The number of amides is 1. The Balaban J connectivity index is 1.70. The van der Waals surface area contributed by atoms with E-state index in [4.69, 9.17) is 4.74 Å². The molecule has 0 radical (unpaired) electrons. The molecule has 0 unspecified atom stereocenters. The molecule has 0 aliphatic rings. The minimum Gasteiger partial charge on any atom is -0.404 e. The van der Waals surface area contributed by atoms with Crippen LogP contribution in [0.25, 0.3) is 16.9 Å². The van der Waals surface area contributed by atoms with Gasteiger partial charge in [-0.1, -0.05) is 18.2 Å². The minimum atomic E-state index is -4.94. The van der Waals surface area contributed by atoms with Crippen molar-refractivity contribution in [2.24, 2.45) is 0 Å². The van der Waals surface area contributed by atoms with Crippen LogP contribution in [0.4, 0.5) is 36.8 Å². The summed E-state index contributed by atoms with van der Waals surface area (Å²) in [5, 5.41) is 5.82. The number of anilines is 1. The molecule has 2 aromatic carbocycles. The van der Waals surface area contributed by atoms with Gasteiger partial charge >= 0.3 is 18.4 Å². The average molecular weight is 544 g/mol. The molecule has 0 fully saturated rings. The number of aromatic nitrogens is 3. The zero-order chi connectivity index (χ0) is 27.2. The number of sulfone groups is 1. The number of nitrogens with zero attached hydrogens (tertiary/aromatic N) is 3. The predicted molar refractivity (Wildman–Crippen MR) is 118 cm³/mol. The van der Waals surface area contributed by atoms with Crippen LogP contribution in [0.1, 0.15) is 11.3 Å². The van der Waals surface area contributed by atoms with Gasteiger partial charge in [-0.2, -0.15) is 31.4 Å². The Morgan fingerprint density at radius 1 is 0.973 bits per heavy atom. The number of carbonyl (C=O) groups is 1. The van der Waals surface area contributed by atoms with Crippen molar-refractivity contribution >= 4 is 27.3 Å². The summed E-state index contributed by atoms with van der Waals surface area (Å²) in [7, 11) is -3.59. The monoisotopic (exact) mass is 544 g/mol. The van der Waals surface area contributed by atoms with Gasteiger partial charge in [-0.25, -0.2) is 22.7 Å². The van der Waals surface area contributed by atoms with E-state index in [0.717, 1.165) is 30.7 Å². The number of rotatable bonds is 4. The fraction of sp³-hybridized carbons (Fsp3) is 0.136. The number of halogens is 6. The first-order valence-corrected chi connectivity index (χ1v) is 11.9. The van der Waals surface area contributed by atoms with Crippen molar-refractivity contribution in [3.63, 3.8) is 0 Å². The first-order valence-electron chi connectivity index (χ1n) is 10.1. The van der Waals surface area contributed by atoms with Gasteiger partial charge in [0, 0.05) is 17.5 Å². The molecule has 0 aliphatic heterocycles. The van der Waals surface area contributed by atoms with Crippen LogP contribution in [0.2, 0.25) is 0 Å². The SMILES string of the molecule is CS(=O)(=O)c1cccc(NC(=O)Oc2cnn3c(C(F)(F)F)cc(-c4ccc(C(F)(F)F)cc4)nc23)c1. The Labute approximate surface area is 204 Å². The standard InChI is InChI=1S/C22H14F6N4O4S/c1-37(34,35)15-4-2-3-14(9-15)30-20(33)36-17-11-29-32-18(22(26,27)28)10-16(31-19(17)32)12-5-7-13(8-6-12)21(23,24)25/h2-11H,1H3,(H,30,33). The molecule has 0 saturated carbocycles. The van der Waals surface area contributed by atoms with Crippen LogP contribution in [0.3, 0.4) is 0 Å². The molecule has 15 heteroatoms. The van der Waals surface area contributed by atoms with Gasteiger partial charge in [0.25, 0.3) is 0 Å². The molecule has 0 aliphatic carbocycles. The zero-order valence-corrected chi connectivity index (χ0v) is 19.2. The summed E-state index contributed by atoms with van der Waals surface area (Å²) < 4.78 is 109. The summed E-state index contributed by atoms with van der Waals surface area (Å²) in [5.74, 6) is -0.490. The molecule has 1 N–H and O–H groups in total. The molecule has 2 aromatic heterocycles. The van der Waals surface area contributed by atoms with Crippen LogP contribution in [-0.2, 0) is 22.2 Å². The Hall–Kier alpha value is -4.14. The molecule has 0 atom stereocenters. The molecule has 1 amide bonds. The largest absolute Gasteiger partial charge is 0.433 e. The van der Waals surface area contributed by atoms with Crippen molar-refractivity contribution in [3.8, 4) is 17.0 Å². The van der Waals surface area contributed by atoms with Crippen LogP contribution >= 0.6 is 0 Å². The van der Waals surface area contributed by atoms with Gasteiger partial charge in [0.15, 0.2) is 26.9 Å². The second-order valence-electron chi connectivity index (χ2n) is 7.66. The van der Waals surface area contributed by atoms with Crippen molar-refractivity contribution in [3.05, 3.63) is 72.1 Å². The zero-order valence-electron chi connectivity index (χ0n) is 18.4. The molecule has 4 aromatic rings. The Morgan fingerprint density at radius 2 is 1.65 bits per heavy atom. The van der Waals surface area contributed by atoms with Crippen molar-refractivity contribution in [1.29, 1.82) is 0 Å². The quantitative estimate of drug-likeness (QED) is 0.343. The number of nitrogens with one attached hydrogen (secondary N) is 1. The molecular weight excluding hydrogens is 530 g/mol. The summed E-state index contributed by atoms with van der Waals surface area (Å²) in [4.78, 5) is 16.3. The summed E-state index contributed by atoms with van der Waals surface area (Å²) in [6.45, 7) is 0. The molecule has 37 heavy (non-hydrogen) atoms. The highest BCUT2D eigenvalue weighted by Crippen LogP contribution is 2.35. The summed E-state index contributed by atoms with van der Waals surface area (Å²) in [6, 6.07) is 9.06. The molecule has 0 bridgehead atoms. The molecule has 194 valence electrons. The summed E-state index contributed by atoms with van der Waals surface area (Å²) >= 11 is 0. The maximum atomic E-state index is 13.7. The molecule has 2 heterocycles. The van der Waals surface area contributed by atoms with Crippen LogP contribution in [0.5, 0.6) is 5.75 Å². The maximum Gasteiger partial charge on any atom is 0.433 e. The Kier molecular flexibility index (Phi) is 6.35. The van der Waals surface area contributed by atoms with Crippen molar-refractivity contribution in [2.75, 3.05) is 11.6 Å². The Bertz CT molecular complexity index is 1600. The van der Waals surface area contributed by atoms with Crippen LogP contribution in [-0.4, -0.2) is 35.4 Å². The van der Waals surface area contributed by atoms with E-state index in [1.165, 1.54) is 18.2 Å². The lowest BCUT2D eigenvalue weighted by Gasteiger charge is -2.12. The van der Waals surface area contributed by atoms with E-state index in [1.54, 1.807) is 0 Å². The van der Waals surface area contributed by atoms with Crippen LogP contribution < -0.4 is 10.1 Å². The normalized spacial score (nSPS) is 12.5. The third-order valence-corrected chi connectivity index (χ3v) is 6.06. The van der Waals surface area contributed by atoms with Crippen molar-refractivity contribution < 1.29 is 44.3 Å². The number of hydrogen-bond acceptors (Lipinski definition) is 6. The fourth-order valence-corrected chi connectivity index (χ4v) is 3.91. The Morgan fingerprint density at radius 3 is 2.24 bits per heavy atom. The number of carbonyl (C=O) groups excluding carboxylic acids is 1. The van der Waals surface area contributed by atoms with E-state index in [-0.39, 0.29) is 21.8 Å². The van der Waals surface area contributed by atoms with Gasteiger partial charge in [-0.3, -0.25) is 5.32 Å². The van der Waals surface area contributed by atoms with Crippen molar-refractivity contribution in [2.45, 2.75) is 17.2 Å². The lowest BCUT2D eigenvalue weighted by molar-refractivity contribution is -0.142. The number of fused-ring (bicyclic) bond motifs is 1. The van der Waals surface area contributed by atoms with E-state index in [9.17, 15) is 39.6 Å². The van der Waals surface area contributed by atoms with E-state index in [1.807, 2.05) is 0 Å². The van der Waals surface area contributed by atoms with Gasteiger partial charge in [-0.15, -0.1) is 0 Å². The van der Waals surface area contributed by atoms with E-state index < -0.39 is 50.9 Å². The first kappa shape index (κ1) is 25.9. The highest BCUT2D eigenvalue weighted by Gasteiger charge is 2.36. The van der Waals surface area contributed by atoms with E-state index >= 15 is 0 Å². The summed E-state index contributed by atoms with van der Waals surface area (Å²) in [6.07, 6.45) is -9.01. The second-order valence-corrected chi connectivity index (χ2v) is 9.67. The van der Waals surface area contributed by atoms with Crippen molar-refractivity contribution in [1.82, 2.24) is 14.6 Å². The number of benzene rings is 2. The van der Waals surface area contributed by atoms with Crippen LogP contribution in [0.15, 0.2) is 65.7 Å². The third kappa shape index (κ3) is 5.66. The smallest absolute Gasteiger partial charge is 0.404 e. The van der Waals surface area contributed by atoms with Gasteiger partial charge < -0.3 is 4.74 Å². The molecule has 4 rings (SSSR count). The topological polar surface area (TPSA) is 103 Å². The lowest BCUT2D eigenvalue weighted by Crippen LogP contribution is -2.17. The molecule has 0 saturated heterocycles. The maximum absolute atomic E-state index is 13.7. The van der Waals surface area contributed by atoms with Crippen LogP contribution in [0, 0.1) is 0 Å². The second kappa shape index (κ2) is 9.06. The van der Waals surface area contributed by atoms with Gasteiger partial charge in [0.05, 0.1) is 22.3 Å². The van der Waals surface area contributed by atoms with Gasteiger partial charge in [0.1, 0.15) is 0 Å². The minimum absolute atomic E-state index is 0.0267. The predicted octanol–water partition coefficient (Wildman–Crippen LogP) is 5.45. The first-order chi connectivity index (χ1) is 17.1. The third-order valence-electron chi connectivity index (χ3n) is 4.95. The number of hydrogen-bond donors (Lipinski definition) is 1. The number of alkyl halides is 6. The number of ether oxygens (including phenoxy) is 1. The molecule has 8 nitrogen and oxygen atoms in total. The summed E-state index contributed by atoms with van der Waals surface area (Å²) in [5.41, 5.74) is -3.24.